The molecule has 0 amide bonds. The van der Waals surface area contributed by atoms with Crippen LogP contribution >= 0.6 is 0 Å². The third kappa shape index (κ3) is 1.42. The zero-order chi connectivity index (χ0) is 9.97. The van der Waals surface area contributed by atoms with Gasteiger partial charge in [-0.15, -0.1) is 0 Å². The SMILES string of the molecule is COC(=O)c1ccc2cncnc2c1. The van der Waals surface area contributed by atoms with Crippen LogP contribution in [-0.4, -0.2) is 23.0 Å². The van der Waals surface area contributed by atoms with Gasteiger partial charge < -0.3 is 4.74 Å². The number of ether oxygens (including phenoxy) is 1. The Bertz CT molecular complexity index is 482. The highest BCUT2D eigenvalue weighted by atomic mass is 16.5. The van der Waals surface area contributed by atoms with Gasteiger partial charge >= 0.3 is 5.97 Å². The third-order valence-corrected chi connectivity index (χ3v) is 1.93. The van der Waals surface area contributed by atoms with Crippen LogP contribution in [0.5, 0.6) is 0 Å². The summed E-state index contributed by atoms with van der Waals surface area (Å²) in [4.78, 5) is 19.1. The number of rotatable bonds is 1. The predicted octanol–water partition coefficient (Wildman–Crippen LogP) is 1.42. The second kappa shape index (κ2) is 3.41. The van der Waals surface area contributed by atoms with Gasteiger partial charge in [-0.2, -0.15) is 0 Å². The smallest absolute Gasteiger partial charge is 0.337 e. The first-order valence-corrected chi connectivity index (χ1v) is 4.09. The quantitative estimate of drug-likeness (QED) is 0.635. The molecular formula is C10H8N2O2. The van der Waals surface area contributed by atoms with E-state index in [-0.39, 0.29) is 5.97 Å². The van der Waals surface area contributed by atoms with E-state index in [1.165, 1.54) is 13.4 Å². The molecule has 2 rings (SSSR count). The maximum Gasteiger partial charge on any atom is 0.337 e. The Labute approximate surface area is 80.6 Å². The molecule has 0 saturated carbocycles. The topological polar surface area (TPSA) is 52.1 Å². The molecule has 1 heterocycles. The third-order valence-electron chi connectivity index (χ3n) is 1.93. The first kappa shape index (κ1) is 8.62. The molecule has 0 N–H and O–H groups in total. The molecule has 4 heteroatoms. The average Bonchev–Trinajstić information content (AvgIpc) is 2.27. The van der Waals surface area contributed by atoms with E-state index >= 15 is 0 Å². The van der Waals surface area contributed by atoms with Gasteiger partial charge in [-0.25, -0.2) is 14.8 Å². The standard InChI is InChI=1S/C10H8N2O2/c1-14-10(13)7-2-3-8-5-11-6-12-9(8)4-7/h2-6H,1H3. The molecule has 70 valence electrons. The minimum atomic E-state index is -0.356. The van der Waals surface area contributed by atoms with Crippen molar-refractivity contribution in [3.63, 3.8) is 0 Å². The number of carbonyl (C=O) groups excluding carboxylic acids is 1. The summed E-state index contributed by atoms with van der Waals surface area (Å²) in [5.74, 6) is -0.356. The summed E-state index contributed by atoms with van der Waals surface area (Å²) in [5, 5.41) is 0.903. The first-order valence-electron chi connectivity index (χ1n) is 4.09. The number of esters is 1. The van der Waals surface area contributed by atoms with E-state index in [0.717, 1.165) is 10.9 Å². The monoisotopic (exact) mass is 188 g/mol. The highest BCUT2D eigenvalue weighted by Gasteiger charge is 2.05. The van der Waals surface area contributed by atoms with Crippen molar-refractivity contribution in [2.24, 2.45) is 0 Å². The molecular weight excluding hydrogens is 180 g/mol. The van der Waals surface area contributed by atoms with Crippen LogP contribution in [0.4, 0.5) is 0 Å². The van der Waals surface area contributed by atoms with Gasteiger partial charge in [0.1, 0.15) is 6.33 Å². The second-order valence-electron chi connectivity index (χ2n) is 2.79. The van der Waals surface area contributed by atoms with Gasteiger partial charge in [0, 0.05) is 11.6 Å². The molecule has 0 atom stereocenters. The molecule has 0 radical (unpaired) electrons. The van der Waals surface area contributed by atoms with Crippen LogP contribution in [0.3, 0.4) is 0 Å². The largest absolute Gasteiger partial charge is 0.465 e. The molecule has 1 aromatic heterocycles. The number of fused-ring (bicyclic) bond motifs is 1. The summed E-state index contributed by atoms with van der Waals surface area (Å²) >= 11 is 0. The van der Waals surface area contributed by atoms with Crippen LogP contribution in [0.1, 0.15) is 10.4 Å². The van der Waals surface area contributed by atoms with Crippen molar-refractivity contribution in [2.45, 2.75) is 0 Å². The van der Waals surface area contributed by atoms with Crippen molar-refractivity contribution in [3.05, 3.63) is 36.3 Å². The minimum absolute atomic E-state index is 0.356. The molecule has 0 aliphatic rings. The van der Waals surface area contributed by atoms with E-state index in [0.29, 0.717) is 5.56 Å². The van der Waals surface area contributed by atoms with Gasteiger partial charge in [0.15, 0.2) is 0 Å². The Morgan fingerprint density at radius 3 is 3.07 bits per heavy atom. The highest BCUT2D eigenvalue weighted by Crippen LogP contribution is 2.12. The molecule has 0 bridgehead atoms. The fourth-order valence-corrected chi connectivity index (χ4v) is 1.22. The molecule has 0 aliphatic heterocycles. The Morgan fingerprint density at radius 1 is 1.43 bits per heavy atom. The lowest BCUT2D eigenvalue weighted by Gasteiger charge is -2.00. The summed E-state index contributed by atoms with van der Waals surface area (Å²) in [7, 11) is 1.35. The van der Waals surface area contributed by atoms with Gasteiger partial charge in [0.2, 0.25) is 0 Å². The van der Waals surface area contributed by atoms with Crippen molar-refractivity contribution in [2.75, 3.05) is 7.11 Å². The fourth-order valence-electron chi connectivity index (χ4n) is 1.22. The second-order valence-corrected chi connectivity index (χ2v) is 2.79. The van der Waals surface area contributed by atoms with Crippen molar-refractivity contribution in [3.8, 4) is 0 Å². The Balaban J connectivity index is 2.56. The van der Waals surface area contributed by atoms with Gasteiger partial charge in [0.05, 0.1) is 18.2 Å². The maximum absolute atomic E-state index is 11.2. The molecule has 0 fully saturated rings. The number of carbonyl (C=O) groups is 1. The summed E-state index contributed by atoms with van der Waals surface area (Å²) in [5.41, 5.74) is 1.24. The van der Waals surface area contributed by atoms with Gasteiger partial charge in [-0.1, -0.05) is 6.07 Å². The van der Waals surface area contributed by atoms with Gasteiger partial charge in [-0.3, -0.25) is 0 Å². The Kier molecular flexibility index (Phi) is 2.10. The Morgan fingerprint density at radius 2 is 2.29 bits per heavy atom. The Hall–Kier alpha value is -1.97. The predicted molar refractivity (Wildman–Crippen MR) is 50.9 cm³/mol. The number of hydrogen-bond donors (Lipinski definition) is 0. The first-order chi connectivity index (χ1) is 6.81. The number of benzene rings is 1. The van der Waals surface area contributed by atoms with Crippen molar-refractivity contribution < 1.29 is 9.53 Å². The maximum atomic E-state index is 11.2. The summed E-state index contributed by atoms with van der Waals surface area (Å²) in [6.45, 7) is 0. The van der Waals surface area contributed by atoms with E-state index < -0.39 is 0 Å². The molecule has 2 aromatic rings. The molecule has 4 nitrogen and oxygen atoms in total. The van der Waals surface area contributed by atoms with Crippen molar-refractivity contribution >= 4 is 16.9 Å². The lowest BCUT2D eigenvalue weighted by molar-refractivity contribution is 0.0601. The normalized spacial score (nSPS) is 10.1. The average molecular weight is 188 g/mol. The number of aromatic nitrogens is 2. The van der Waals surface area contributed by atoms with Crippen LogP contribution in [0.2, 0.25) is 0 Å². The van der Waals surface area contributed by atoms with Crippen molar-refractivity contribution in [1.82, 2.24) is 9.97 Å². The zero-order valence-corrected chi connectivity index (χ0v) is 7.60. The summed E-state index contributed by atoms with van der Waals surface area (Å²) in [6.07, 6.45) is 3.15. The molecule has 0 aliphatic carbocycles. The number of methoxy groups -OCH3 is 1. The zero-order valence-electron chi connectivity index (χ0n) is 7.60. The molecule has 1 aromatic carbocycles. The molecule has 0 spiro atoms. The highest BCUT2D eigenvalue weighted by molar-refractivity contribution is 5.93. The van der Waals surface area contributed by atoms with E-state index in [2.05, 4.69) is 14.7 Å². The fraction of sp³-hybridized carbons (Fsp3) is 0.100. The van der Waals surface area contributed by atoms with Crippen LogP contribution < -0.4 is 0 Å². The van der Waals surface area contributed by atoms with E-state index in [1.54, 1.807) is 24.4 Å². The number of nitrogens with zero attached hydrogens (tertiary/aromatic N) is 2. The summed E-state index contributed by atoms with van der Waals surface area (Å²) < 4.78 is 4.60. The van der Waals surface area contributed by atoms with E-state index in [4.69, 9.17) is 0 Å². The van der Waals surface area contributed by atoms with Crippen LogP contribution in [0.15, 0.2) is 30.7 Å². The lowest BCUT2D eigenvalue weighted by atomic mass is 10.1. The van der Waals surface area contributed by atoms with E-state index in [9.17, 15) is 4.79 Å². The molecule has 0 unspecified atom stereocenters. The van der Waals surface area contributed by atoms with Crippen LogP contribution in [0, 0.1) is 0 Å². The van der Waals surface area contributed by atoms with Crippen LogP contribution in [0.25, 0.3) is 10.9 Å². The lowest BCUT2D eigenvalue weighted by Crippen LogP contribution is -2.00. The minimum Gasteiger partial charge on any atom is -0.465 e. The van der Waals surface area contributed by atoms with E-state index in [1.807, 2.05) is 0 Å². The number of hydrogen-bond acceptors (Lipinski definition) is 4. The van der Waals surface area contributed by atoms with Crippen molar-refractivity contribution in [1.29, 1.82) is 0 Å². The summed E-state index contributed by atoms with van der Waals surface area (Å²) in [6, 6.07) is 5.17. The van der Waals surface area contributed by atoms with Crippen LogP contribution in [-0.2, 0) is 4.74 Å². The molecule has 14 heavy (non-hydrogen) atoms. The molecule has 0 saturated heterocycles. The van der Waals surface area contributed by atoms with Gasteiger partial charge in [-0.05, 0) is 12.1 Å². The van der Waals surface area contributed by atoms with Gasteiger partial charge in [0.25, 0.3) is 0 Å².